The van der Waals surface area contributed by atoms with E-state index in [1.807, 2.05) is 0 Å². The second kappa shape index (κ2) is 4.96. The highest BCUT2D eigenvalue weighted by Gasteiger charge is 2.06. The van der Waals surface area contributed by atoms with Gasteiger partial charge in [-0.2, -0.15) is 0 Å². The SMILES string of the molecule is COC(=O)CCN(C)C(=O)Cl. The van der Waals surface area contributed by atoms with Gasteiger partial charge in [-0.3, -0.25) is 9.59 Å². The molecule has 11 heavy (non-hydrogen) atoms. The second-order valence-corrected chi connectivity index (χ2v) is 2.32. The fraction of sp³-hybridized carbons (Fsp3) is 0.667. The van der Waals surface area contributed by atoms with Crippen molar-refractivity contribution < 1.29 is 14.3 Å². The van der Waals surface area contributed by atoms with E-state index in [0.717, 1.165) is 0 Å². The summed E-state index contributed by atoms with van der Waals surface area (Å²) in [4.78, 5) is 22.2. The van der Waals surface area contributed by atoms with Crippen LogP contribution in [0.25, 0.3) is 0 Å². The highest BCUT2D eigenvalue weighted by Crippen LogP contribution is 1.94. The van der Waals surface area contributed by atoms with Crippen molar-refractivity contribution in [2.45, 2.75) is 6.42 Å². The van der Waals surface area contributed by atoms with Crippen LogP contribution in [-0.4, -0.2) is 36.9 Å². The van der Waals surface area contributed by atoms with Crippen molar-refractivity contribution in [1.29, 1.82) is 0 Å². The predicted octanol–water partition coefficient (Wildman–Crippen LogP) is 0.840. The molecule has 0 bridgehead atoms. The van der Waals surface area contributed by atoms with Crippen LogP contribution in [-0.2, 0) is 9.53 Å². The number of amides is 1. The number of esters is 1. The second-order valence-electron chi connectivity index (χ2n) is 2.00. The van der Waals surface area contributed by atoms with Gasteiger partial charge in [0.15, 0.2) is 0 Å². The van der Waals surface area contributed by atoms with Gasteiger partial charge in [0.25, 0.3) is 0 Å². The van der Waals surface area contributed by atoms with Gasteiger partial charge in [0, 0.05) is 13.6 Å². The molecule has 0 rings (SSSR count). The Bertz CT molecular complexity index is 160. The van der Waals surface area contributed by atoms with Crippen LogP contribution in [0.3, 0.4) is 0 Å². The lowest BCUT2D eigenvalue weighted by atomic mass is 10.4. The highest BCUT2D eigenvalue weighted by molar-refractivity contribution is 6.62. The zero-order valence-electron chi connectivity index (χ0n) is 6.46. The van der Waals surface area contributed by atoms with Crippen LogP contribution in [0, 0.1) is 0 Å². The minimum absolute atomic E-state index is 0.172. The first-order valence-electron chi connectivity index (χ1n) is 3.05. The van der Waals surface area contributed by atoms with Gasteiger partial charge in [0.1, 0.15) is 0 Å². The van der Waals surface area contributed by atoms with Crippen molar-refractivity contribution in [2.75, 3.05) is 20.7 Å². The number of nitrogens with zero attached hydrogens (tertiary/aromatic N) is 1. The number of ether oxygens (including phenoxy) is 1. The van der Waals surface area contributed by atoms with E-state index in [-0.39, 0.29) is 18.9 Å². The topological polar surface area (TPSA) is 46.6 Å². The molecule has 0 aliphatic heterocycles. The van der Waals surface area contributed by atoms with E-state index in [1.54, 1.807) is 0 Å². The Morgan fingerprint density at radius 3 is 2.45 bits per heavy atom. The van der Waals surface area contributed by atoms with Crippen molar-refractivity contribution in [3.05, 3.63) is 0 Å². The summed E-state index contributed by atoms with van der Waals surface area (Å²) in [6, 6.07) is 0. The number of halogens is 1. The first-order valence-corrected chi connectivity index (χ1v) is 3.43. The van der Waals surface area contributed by atoms with Crippen LogP contribution in [0.4, 0.5) is 4.79 Å². The molecule has 0 aliphatic rings. The van der Waals surface area contributed by atoms with Crippen LogP contribution in [0.15, 0.2) is 0 Å². The summed E-state index contributed by atoms with van der Waals surface area (Å²) in [7, 11) is 2.81. The number of carbonyl (C=O) groups excluding carboxylic acids is 2. The van der Waals surface area contributed by atoms with E-state index < -0.39 is 5.37 Å². The summed E-state index contributed by atoms with van der Waals surface area (Å²) in [5.41, 5.74) is 0. The van der Waals surface area contributed by atoms with Gasteiger partial charge in [-0.05, 0) is 11.6 Å². The van der Waals surface area contributed by atoms with Crippen LogP contribution >= 0.6 is 11.6 Å². The van der Waals surface area contributed by atoms with Gasteiger partial charge in [-0.1, -0.05) is 0 Å². The number of hydrogen-bond acceptors (Lipinski definition) is 3. The smallest absolute Gasteiger partial charge is 0.316 e. The van der Waals surface area contributed by atoms with Crippen LogP contribution in [0.5, 0.6) is 0 Å². The third kappa shape index (κ3) is 4.61. The molecule has 0 spiro atoms. The van der Waals surface area contributed by atoms with Crippen LogP contribution in [0.1, 0.15) is 6.42 Å². The molecule has 0 fully saturated rings. The number of carbonyl (C=O) groups is 2. The Morgan fingerprint density at radius 1 is 1.55 bits per heavy atom. The van der Waals surface area contributed by atoms with E-state index in [0.29, 0.717) is 0 Å². The molecule has 0 heterocycles. The van der Waals surface area contributed by atoms with E-state index in [1.165, 1.54) is 19.1 Å². The van der Waals surface area contributed by atoms with Gasteiger partial charge in [-0.25, -0.2) is 0 Å². The van der Waals surface area contributed by atoms with Crippen molar-refractivity contribution >= 4 is 22.9 Å². The van der Waals surface area contributed by atoms with Crippen LogP contribution < -0.4 is 0 Å². The Hall–Kier alpha value is -0.770. The molecule has 0 saturated heterocycles. The first kappa shape index (κ1) is 10.2. The first-order chi connectivity index (χ1) is 5.07. The van der Waals surface area contributed by atoms with E-state index in [9.17, 15) is 9.59 Å². The van der Waals surface area contributed by atoms with Crippen molar-refractivity contribution in [3.63, 3.8) is 0 Å². The van der Waals surface area contributed by atoms with Gasteiger partial charge in [0.2, 0.25) is 0 Å². The molecule has 64 valence electrons. The van der Waals surface area contributed by atoms with Gasteiger partial charge < -0.3 is 9.64 Å². The molecule has 0 aromatic heterocycles. The average molecular weight is 180 g/mol. The molecule has 0 aromatic carbocycles. The fourth-order valence-corrected chi connectivity index (χ4v) is 0.533. The summed E-state index contributed by atoms with van der Waals surface area (Å²) < 4.78 is 4.36. The average Bonchev–Trinajstić information content (AvgIpc) is 1.99. The van der Waals surface area contributed by atoms with Crippen LogP contribution in [0.2, 0.25) is 0 Å². The summed E-state index contributed by atoms with van der Waals surface area (Å²) in [6.45, 7) is 0.287. The summed E-state index contributed by atoms with van der Waals surface area (Å²) in [5, 5.41) is -0.575. The number of rotatable bonds is 3. The molecule has 0 aliphatic carbocycles. The van der Waals surface area contributed by atoms with E-state index >= 15 is 0 Å². The van der Waals surface area contributed by atoms with Gasteiger partial charge in [-0.15, -0.1) is 0 Å². The molecular weight excluding hydrogens is 170 g/mol. The van der Waals surface area contributed by atoms with Gasteiger partial charge >= 0.3 is 11.3 Å². The minimum Gasteiger partial charge on any atom is -0.469 e. The summed E-state index contributed by atoms with van der Waals surface area (Å²) in [6.07, 6.45) is 0.172. The molecule has 5 heteroatoms. The molecule has 4 nitrogen and oxygen atoms in total. The normalized spacial score (nSPS) is 9.00. The standard InChI is InChI=1S/C6H10ClNO3/c1-8(6(7)10)4-3-5(9)11-2/h3-4H2,1-2H3. The lowest BCUT2D eigenvalue weighted by Crippen LogP contribution is -2.24. The van der Waals surface area contributed by atoms with Crippen molar-refractivity contribution in [2.24, 2.45) is 0 Å². The summed E-state index contributed by atoms with van der Waals surface area (Å²) in [5.74, 6) is -0.352. The Balaban J connectivity index is 3.54. The van der Waals surface area contributed by atoms with Crippen molar-refractivity contribution in [3.8, 4) is 0 Å². The maximum absolute atomic E-state index is 10.5. The Kier molecular flexibility index (Phi) is 4.61. The Morgan fingerprint density at radius 2 is 2.09 bits per heavy atom. The Labute approximate surface area is 70.1 Å². The third-order valence-corrected chi connectivity index (χ3v) is 1.47. The molecular formula is C6H10ClNO3. The quantitative estimate of drug-likeness (QED) is 0.367. The molecule has 0 unspecified atom stereocenters. The highest BCUT2D eigenvalue weighted by atomic mass is 35.5. The molecule has 0 aromatic rings. The number of methoxy groups -OCH3 is 1. The van der Waals surface area contributed by atoms with E-state index in [4.69, 9.17) is 11.6 Å². The maximum Gasteiger partial charge on any atom is 0.316 e. The van der Waals surface area contributed by atoms with Gasteiger partial charge in [0.05, 0.1) is 13.5 Å². The monoisotopic (exact) mass is 179 g/mol. The molecule has 0 atom stereocenters. The molecule has 0 radical (unpaired) electrons. The minimum atomic E-state index is -0.575. The molecule has 0 N–H and O–H groups in total. The van der Waals surface area contributed by atoms with E-state index in [2.05, 4.69) is 4.74 Å². The molecule has 1 amide bonds. The zero-order chi connectivity index (χ0) is 8.85. The lowest BCUT2D eigenvalue weighted by Gasteiger charge is -2.10. The zero-order valence-corrected chi connectivity index (χ0v) is 7.22. The predicted molar refractivity (Wildman–Crippen MR) is 40.5 cm³/mol. The maximum atomic E-state index is 10.5. The number of hydrogen-bond donors (Lipinski definition) is 0. The molecule has 0 saturated carbocycles. The fourth-order valence-electron chi connectivity index (χ4n) is 0.449. The lowest BCUT2D eigenvalue weighted by molar-refractivity contribution is -0.140. The third-order valence-electron chi connectivity index (χ3n) is 1.18. The summed E-state index contributed by atoms with van der Waals surface area (Å²) >= 11 is 5.09. The largest absolute Gasteiger partial charge is 0.469 e. The van der Waals surface area contributed by atoms with Crippen molar-refractivity contribution in [1.82, 2.24) is 4.90 Å².